The van der Waals surface area contributed by atoms with Crippen molar-refractivity contribution in [3.8, 4) is 0 Å². The number of anilines is 3. The standard InChI is InChI=1S/C23H30BrClN6O/c1-31(2)21-17-5-3-4-6-19(17)28-22(30-21)26-15-8-10-16(11-9-15)27-23(32)29-20-12-7-14(24)13-18(20)25/h7,12-13,15-16H,3-6,8-11H2,1-2H3,(H,26,28,30)(H2,27,29,32). The molecule has 1 aromatic carbocycles. The molecule has 3 N–H and O–H groups in total. The van der Waals surface area contributed by atoms with E-state index in [9.17, 15) is 4.79 Å². The van der Waals surface area contributed by atoms with Crippen molar-refractivity contribution in [3.63, 3.8) is 0 Å². The number of aromatic nitrogens is 2. The predicted molar refractivity (Wildman–Crippen MR) is 134 cm³/mol. The molecule has 0 spiro atoms. The van der Waals surface area contributed by atoms with Gasteiger partial charge in [0.15, 0.2) is 0 Å². The van der Waals surface area contributed by atoms with E-state index in [1.54, 1.807) is 12.1 Å². The van der Waals surface area contributed by atoms with Crippen molar-refractivity contribution in [3.05, 3.63) is 39.0 Å². The largest absolute Gasteiger partial charge is 0.362 e. The van der Waals surface area contributed by atoms with Gasteiger partial charge in [0.2, 0.25) is 5.95 Å². The summed E-state index contributed by atoms with van der Waals surface area (Å²) < 4.78 is 0.875. The summed E-state index contributed by atoms with van der Waals surface area (Å²) in [5.74, 6) is 1.77. The number of aryl methyl sites for hydroxylation is 1. The molecule has 9 heteroatoms. The van der Waals surface area contributed by atoms with E-state index in [1.165, 1.54) is 24.1 Å². The number of carbonyl (C=O) groups is 1. The molecule has 32 heavy (non-hydrogen) atoms. The molecule has 0 radical (unpaired) electrons. The minimum atomic E-state index is -0.223. The summed E-state index contributed by atoms with van der Waals surface area (Å²) in [6.45, 7) is 0. The van der Waals surface area contributed by atoms with Crippen LogP contribution in [0.3, 0.4) is 0 Å². The molecule has 1 fully saturated rings. The predicted octanol–water partition coefficient (Wildman–Crippen LogP) is 5.38. The minimum Gasteiger partial charge on any atom is -0.362 e. The van der Waals surface area contributed by atoms with E-state index in [1.807, 2.05) is 20.2 Å². The highest BCUT2D eigenvalue weighted by Crippen LogP contribution is 2.30. The average molecular weight is 522 g/mol. The van der Waals surface area contributed by atoms with Gasteiger partial charge in [-0.1, -0.05) is 27.5 Å². The fraction of sp³-hybridized carbons (Fsp3) is 0.522. The zero-order chi connectivity index (χ0) is 22.7. The number of hydrogen-bond donors (Lipinski definition) is 3. The van der Waals surface area contributed by atoms with Gasteiger partial charge in [-0.25, -0.2) is 9.78 Å². The second-order valence-corrected chi connectivity index (χ2v) is 10.1. The van der Waals surface area contributed by atoms with E-state index in [0.717, 1.165) is 54.8 Å². The third kappa shape index (κ3) is 5.64. The summed E-state index contributed by atoms with van der Waals surface area (Å²) in [7, 11) is 4.09. The van der Waals surface area contributed by atoms with E-state index in [4.69, 9.17) is 21.6 Å². The van der Waals surface area contributed by atoms with Crippen LogP contribution in [0.4, 0.5) is 22.2 Å². The van der Waals surface area contributed by atoms with Crippen molar-refractivity contribution in [1.82, 2.24) is 15.3 Å². The van der Waals surface area contributed by atoms with Crippen LogP contribution in [0, 0.1) is 0 Å². The number of benzene rings is 1. The fourth-order valence-electron chi connectivity index (χ4n) is 4.51. The van der Waals surface area contributed by atoms with Gasteiger partial charge in [0, 0.05) is 36.2 Å². The SMILES string of the molecule is CN(C)c1nc(NC2CCC(NC(=O)Nc3ccc(Br)cc3Cl)CC2)nc2c1CCCC2. The molecule has 2 aromatic rings. The van der Waals surface area contributed by atoms with E-state index >= 15 is 0 Å². The van der Waals surface area contributed by atoms with E-state index in [-0.39, 0.29) is 12.1 Å². The zero-order valence-corrected chi connectivity index (χ0v) is 20.9. The van der Waals surface area contributed by atoms with Crippen LogP contribution in [-0.2, 0) is 12.8 Å². The van der Waals surface area contributed by atoms with Crippen LogP contribution < -0.4 is 20.9 Å². The van der Waals surface area contributed by atoms with Crippen LogP contribution in [0.5, 0.6) is 0 Å². The lowest BCUT2D eigenvalue weighted by Crippen LogP contribution is -2.42. The summed E-state index contributed by atoms with van der Waals surface area (Å²) in [6, 6.07) is 5.63. The molecule has 2 aliphatic rings. The Morgan fingerprint density at radius 3 is 2.53 bits per heavy atom. The van der Waals surface area contributed by atoms with Gasteiger partial charge in [-0.15, -0.1) is 0 Å². The Balaban J connectivity index is 1.30. The van der Waals surface area contributed by atoms with Crippen LogP contribution in [-0.4, -0.2) is 42.2 Å². The quantitative estimate of drug-likeness (QED) is 0.492. The van der Waals surface area contributed by atoms with Crippen molar-refractivity contribution in [2.24, 2.45) is 0 Å². The summed E-state index contributed by atoms with van der Waals surface area (Å²) in [6.07, 6.45) is 8.23. The van der Waals surface area contributed by atoms with Crippen LogP contribution >= 0.6 is 27.5 Å². The minimum absolute atomic E-state index is 0.143. The van der Waals surface area contributed by atoms with Gasteiger partial charge in [-0.3, -0.25) is 0 Å². The monoisotopic (exact) mass is 520 g/mol. The summed E-state index contributed by atoms with van der Waals surface area (Å²) >= 11 is 9.56. The summed E-state index contributed by atoms with van der Waals surface area (Å²) in [5.41, 5.74) is 3.09. The normalized spacial score (nSPS) is 20.2. The van der Waals surface area contributed by atoms with Crippen LogP contribution in [0.2, 0.25) is 5.02 Å². The number of rotatable bonds is 5. The number of halogens is 2. The number of hydrogen-bond acceptors (Lipinski definition) is 5. The van der Waals surface area contributed by atoms with Gasteiger partial charge < -0.3 is 20.9 Å². The highest BCUT2D eigenvalue weighted by Gasteiger charge is 2.25. The Hall–Kier alpha value is -2.06. The fourth-order valence-corrected chi connectivity index (χ4v) is 5.23. The van der Waals surface area contributed by atoms with E-state index in [2.05, 4.69) is 36.8 Å². The Bertz CT molecular complexity index is 977. The maximum absolute atomic E-state index is 12.4. The highest BCUT2D eigenvalue weighted by atomic mass is 79.9. The first-order valence-corrected chi connectivity index (χ1v) is 12.4. The van der Waals surface area contributed by atoms with Gasteiger partial charge in [0.25, 0.3) is 0 Å². The first kappa shape index (κ1) is 23.1. The van der Waals surface area contributed by atoms with Gasteiger partial charge in [-0.05, 0) is 69.6 Å². The Kier molecular flexibility index (Phi) is 7.40. The molecule has 2 amide bonds. The molecule has 4 rings (SSSR count). The van der Waals surface area contributed by atoms with Crippen molar-refractivity contribution in [1.29, 1.82) is 0 Å². The molecule has 1 saturated carbocycles. The van der Waals surface area contributed by atoms with Gasteiger partial charge >= 0.3 is 6.03 Å². The number of amides is 2. The lowest BCUT2D eigenvalue weighted by atomic mass is 9.91. The number of nitrogens with zero attached hydrogens (tertiary/aromatic N) is 3. The summed E-state index contributed by atoms with van der Waals surface area (Å²) in [4.78, 5) is 24.1. The average Bonchev–Trinajstić information content (AvgIpc) is 2.76. The number of nitrogens with one attached hydrogen (secondary N) is 3. The van der Waals surface area contributed by atoms with Crippen molar-refractivity contribution < 1.29 is 4.79 Å². The smallest absolute Gasteiger partial charge is 0.319 e. The number of urea groups is 1. The lowest BCUT2D eigenvalue weighted by molar-refractivity contribution is 0.243. The Morgan fingerprint density at radius 1 is 1.09 bits per heavy atom. The molecule has 0 atom stereocenters. The van der Waals surface area contributed by atoms with Gasteiger partial charge in [0.05, 0.1) is 16.4 Å². The molecule has 0 aliphatic heterocycles. The van der Waals surface area contributed by atoms with Crippen molar-refractivity contribution in [2.75, 3.05) is 29.6 Å². The summed E-state index contributed by atoms with van der Waals surface area (Å²) in [5, 5.41) is 9.97. The first-order chi connectivity index (χ1) is 15.4. The van der Waals surface area contributed by atoms with Crippen molar-refractivity contribution in [2.45, 2.75) is 63.5 Å². The molecular formula is C23H30BrClN6O. The molecular weight excluding hydrogens is 492 g/mol. The number of carbonyl (C=O) groups excluding carboxylic acids is 1. The van der Waals surface area contributed by atoms with Gasteiger partial charge in [-0.2, -0.15) is 4.98 Å². The van der Waals surface area contributed by atoms with Crippen LogP contribution in [0.25, 0.3) is 0 Å². The van der Waals surface area contributed by atoms with Crippen LogP contribution in [0.15, 0.2) is 22.7 Å². The topological polar surface area (TPSA) is 82.2 Å². The molecule has 0 bridgehead atoms. The van der Waals surface area contributed by atoms with Gasteiger partial charge in [0.1, 0.15) is 5.82 Å². The molecule has 2 aliphatic carbocycles. The maximum atomic E-state index is 12.4. The maximum Gasteiger partial charge on any atom is 0.319 e. The molecule has 0 saturated heterocycles. The molecule has 1 aromatic heterocycles. The van der Waals surface area contributed by atoms with E-state index in [0.29, 0.717) is 16.8 Å². The molecule has 0 unspecified atom stereocenters. The van der Waals surface area contributed by atoms with Crippen LogP contribution in [0.1, 0.15) is 49.8 Å². The number of fused-ring (bicyclic) bond motifs is 1. The second kappa shape index (κ2) is 10.3. The molecule has 172 valence electrons. The highest BCUT2D eigenvalue weighted by molar-refractivity contribution is 9.10. The third-order valence-electron chi connectivity index (χ3n) is 6.16. The second-order valence-electron chi connectivity index (χ2n) is 8.81. The Labute approximate surface area is 202 Å². The molecule has 7 nitrogen and oxygen atoms in total. The molecule has 1 heterocycles. The zero-order valence-electron chi connectivity index (χ0n) is 18.5. The lowest BCUT2D eigenvalue weighted by Gasteiger charge is -2.30. The van der Waals surface area contributed by atoms with E-state index < -0.39 is 0 Å². The Morgan fingerprint density at radius 2 is 1.81 bits per heavy atom. The first-order valence-electron chi connectivity index (χ1n) is 11.3. The third-order valence-corrected chi connectivity index (χ3v) is 6.97. The van der Waals surface area contributed by atoms with Crippen molar-refractivity contribution >= 4 is 51.0 Å².